The van der Waals surface area contributed by atoms with E-state index in [0.29, 0.717) is 33.7 Å². The fourth-order valence-electron chi connectivity index (χ4n) is 2.61. The highest BCUT2D eigenvalue weighted by Crippen LogP contribution is 2.29. The lowest BCUT2D eigenvalue weighted by atomic mass is 10.0. The van der Waals surface area contributed by atoms with Crippen LogP contribution < -0.4 is 5.32 Å². The van der Waals surface area contributed by atoms with Crippen LogP contribution in [-0.4, -0.2) is 26.9 Å². The van der Waals surface area contributed by atoms with Gasteiger partial charge in [-0.15, -0.1) is 0 Å². The molecule has 126 valence electrons. The number of aromatic nitrogens is 1. The molecule has 0 saturated carbocycles. The molecule has 8 heteroatoms. The maximum Gasteiger partial charge on any atom is 0.324 e. The number of H-pyrrole nitrogens is 1. The van der Waals surface area contributed by atoms with Gasteiger partial charge in [-0.25, -0.2) is 4.98 Å². The summed E-state index contributed by atoms with van der Waals surface area (Å²) in [5, 5.41) is 22.7. The highest BCUT2D eigenvalue weighted by molar-refractivity contribution is 6.03. The zero-order valence-electron chi connectivity index (χ0n) is 13.3. The van der Waals surface area contributed by atoms with Crippen LogP contribution in [0.2, 0.25) is 0 Å². The number of amides is 1. The normalized spacial score (nSPS) is 15.8. The fraction of sp³-hybridized carbons (Fsp3) is 0.250. The summed E-state index contributed by atoms with van der Waals surface area (Å²) in [4.78, 5) is 35.9. The molecule has 1 aliphatic heterocycles. The molecule has 1 aliphatic rings. The van der Waals surface area contributed by atoms with Gasteiger partial charge in [-0.2, -0.15) is 0 Å². The first kappa shape index (κ1) is 17.2. The van der Waals surface area contributed by atoms with Gasteiger partial charge >= 0.3 is 11.8 Å². The van der Waals surface area contributed by atoms with E-state index in [2.05, 4.69) is 16.9 Å². The second-order valence-electron chi connectivity index (χ2n) is 5.40. The number of aliphatic carboxylic acids is 1. The highest BCUT2D eigenvalue weighted by atomic mass is 16.6. The van der Waals surface area contributed by atoms with E-state index in [4.69, 9.17) is 5.11 Å². The van der Waals surface area contributed by atoms with E-state index in [1.807, 2.05) is 0 Å². The van der Waals surface area contributed by atoms with Crippen molar-refractivity contribution in [3.05, 3.63) is 56.4 Å². The molecule has 2 heterocycles. The van der Waals surface area contributed by atoms with Gasteiger partial charge in [0.15, 0.2) is 0 Å². The van der Waals surface area contributed by atoms with Crippen molar-refractivity contribution in [3.8, 4) is 0 Å². The zero-order chi connectivity index (χ0) is 18.0. The predicted octanol–water partition coefficient (Wildman–Crippen LogP) is 2.22. The molecule has 0 unspecified atom stereocenters. The van der Waals surface area contributed by atoms with Crippen LogP contribution in [-0.2, 0) is 16.0 Å². The van der Waals surface area contributed by atoms with Crippen LogP contribution in [0, 0.1) is 17.0 Å². The van der Waals surface area contributed by atoms with E-state index in [1.54, 1.807) is 19.9 Å². The molecule has 1 amide bonds. The summed E-state index contributed by atoms with van der Waals surface area (Å²) in [5.41, 5.74) is 3.07. The zero-order valence-corrected chi connectivity index (χ0v) is 13.3. The van der Waals surface area contributed by atoms with Gasteiger partial charge < -0.3 is 20.5 Å². The second-order valence-corrected chi connectivity index (χ2v) is 5.40. The third kappa shape index (κ3) is 3.12. The SMILES string of the molecule is C=CC1=C(C)/C(=C/c2[nH]c([N+](=O)[O-])c(CCC(=O)O)c2C)NC1=O. The first-order chi connectivity index (χ1) is 11.3. The number of nitrogens with one attached hydrogen (secondary N) is 2. The Labute approximate surface area is 137 Å². The molecule has 0 saturated heterocycles. The quantitative estimate of drug-likeness (QED) is 0.544. The van der Waals surface area contributed by atoms with Gasteiger partial charge in [-0.1, -0.05) is 12.7 Å². The summed E-state index contributed by atoms with van der Waals surface area (Å²) in [6.07, 6.45) is 2.91. The van der Waals surface area contributed by atoms with E-state index >= 15 is 0 Å². The molecule has 0 radical (unpaired) electrons. The average Bonchev–Trinajstić information content (AvgIpc) is 2.95. The van der Waals surface area contributed by atoms with E-state index in [-0.39, 0.29) is 24.6 Å². The Bertz CT molecular complexity index is 814. The second kappa shape index (κ2) is 6.53. The summed E-state index contributed by atoms with van der Waals surface area (Å²) in [7, 11) is 0. The maximum atomic E-state index is 11.8. The molecule has 8 nitrogen and oxygen atoms in total. The van der Waals surface area contributed by atoms with Crippen molar-refractivity contribution >= 4 is 23.8 Å². The summed E-state index contributed by atoms with van der Waals surface area (Å²) >= 11 is 0. The molecule has 2 rings (SSSR count). The number of carbonyl (C=O) groups excluding carboxylic acids is 1. The molecule has 0 aromatic carbocycles. The Hall–Kier alpha value is -3.16. The molecule has 0 bridgehead atoms. The standard InChI is InChI=1S/C16H17N3O5/c1-4-10-8(2)13(18-16(10)22)7-12-9(3)11(5-6-14(20)21)15(17-12)19(23)24/h4,7,17H,1,5-6H2,2-3H3,(H,18,22)(H,20,21)/b13-7-. The Morgan fingerprint density at radius 3 is 2.58 bits per heavy atom. The lowest BCUT2D eigenvalue weighted by Crippen LogP contribution is -2.15. The van der Waals surface area contributed by atoms with Crippen molar-refractivity contribution in [2.24, 2.45) is 0 Å². The van der Waals surface area contributed by atoms with Crippen molar-refractivity contribution in [2.45, 2.75) is 26.7 Å². The number of rotatable bonds is 6. The number of carboxylic acids is 1. The smallest absolute Gasteiger partial charge is 0.324 e. The van der Waals surface area contributed by atoms with Gasteiger partial charge in [0.2, 0.25) is 0 Å². The molecule has 0 spiro atoms. The number of carbonyl (C=O) groups is 2. The van der Waals surface area contributed by atoms with E-state index in [1.165, 1.54) is 6.08 Å². The van der Waals surface area contributed by atoms with Gasteiger partial charge in [-0.05, 0) is 30.8 Å². The first-order valence-electron chi connectivity index (χ1n) is 7.20. The highest BCUT2D eigenvalue weighted by Gasteiger charge is 2.26. The number of hydrogen-bond donors (Lipinski definition) is 3. The number of hydrogen-bond acceptors (Lipinski definition) is 4. The number of carboxylic acid groups (broad SMARTS) is 1. The van der Waals surface area contributed by atoms with Gasteiger partial charge in [0.25, 0.3) is 5.91 Å². The molecule has 3 N–H and O–H groups in total. The van der Waals surface area contributed by atoms with Crippen molar-refractivity contribution in [3.63, 3.8) is 0 Å². The van der Waals surface area contributed by atoms with Crippen molar-refractivity contribution in [1.29, 1.82) is 0 Å². The first-order valence-corrected chi connectivity index (χ1v) is 7.20. The number of nitrogens with zero attached hydrogens (tertiary/aromatic N) is 1. The molecule has 0 aliphatic carbocycles. The molecule has 1 aromatic heterocycles. The number of nitro groups is 1. The summed E-state index contributed by atoms with van der Waals surface area (Å²) in [6, 6.07) is 0. The average molecular weight is 331 g/mol. The van der Waals surface area contributed by atoms with E-state index < -0.39 is 10.9 Å². The van der Waals surface area contributed by atoms with Crippen LogP contribution in [0.1, 0.15) is 30.2 Å². The minimum Gasteiger partial charge on any atom is -0.481 e. The van der Waals surface area contributed by atoms with E-state index in [0.717, 1.165) is 0 Å². The maximum absolute atomic E-state index is 11.8. The molecule has 0 fully saturated rings. The summed E-state index contributed by atoms with van der Waals surface area (Å²) in [6.45, 7) is 7.01. The molecule has 24 heavy (non-hydrogen) atoms. The Kier molecular flexibility index (Phi) is 4.68. The van der Waals surface area contributed by atoms with Crippen molar-refractivity contribution in [1.82, 2.24) is 10.3 Å². The monoisotopic (exact) mass is 331 g/mol. The minimum atomic E-state index is -1.03. The summed E-state index contributed by atoms with van der Waals surface area (Å²) in [5.74, 6) is -1.53. The van der Waals surface area contributed by atoms with Crippen LogP contribution in [0.3, 0.4) is 0 Å². The lowest BCUT2D eigenvalue weighted by Gasteiger charge is -1.99. The van der Waals surface area contributed by atoms with Crippen LogP contribution in [0.5, 0.6) is 0 Å². The van der Waals surface area contributed by atoms with Crippen LogP contribution in [0.15, 0.2) is 29.5 Å². The van der Waals surface area contributed by atoms with Crippen LogP contribution in [0.25, 0.3) is 6.08 Å². The van der Waals surface area contributed by atoms with Crippen LogP contribution >= 0.6 is 0 Å². The Balaban J connectivity index is 2.47. The molecule has 1 aromatic rings. The summed E-state index contributed by atoms with van der Waals surface area (Å²) < 4.78 is 0. The largest absolute Gasteiger partial charge is 0.481 e. The Morgan fingerprint density at radius 2 is 2.08 bits per heavy atom. The van der Waals surface area contributed by atoms with Crippen molar-refractivity contribution in [2.75, 3.05) is 0 Å². The third-order valence-electron chi connectivity index (χ3n) is 3.96. The van der Waals surface area contributed by atoms with Gasteiger partial charge in [-0.3, -0.25) is 9.59 Å². The predicted molar refractivity (Wildman–Crippen MR) is 87.2 cm³/mol. The van der Waals surface area contributed by atoms with Gasteiger partial charge in [0, 0.05) is 29.3 Å². The van der Waals surface area contributed by atoms with Crippen molar-refractivity contribution < 1.29 is 19.6 Å². The number of allylic oxidation sites excluding steroid dienone is 1. The third-order valence-corrected chi connectivity index (χ3v) is 3.96. The molecular formula is C16H17N3O5. The van der Waals surface area contributed by atoms with Gasteiger partial charge in [0.05, 0.1) is 5.56 Å². The van der Waals surface area contributed by atoms with Crippen LogP contribution in [0.4, 0.5) is 5.82 Å². The number of aromatic amines is 1. The Morgan fingerprint density at radius 1 is 1.42 bits per heavy atom. The topological polar surface area (TPSA) is 125 Å². The van der Waals surface area contributed by atoms with Gasteiger partial charge in [0.1, 0.15) is 5.69 Å². The molecule has 0 atom stereocenters. The van der Waals surface area contributed by atoms with E-state index in [9.17, 15) is 19.7 Å². The fourth-order valence-corrected chi connectivity index (χ4v) is 2.61. The lowest BCUT2D eigenvalue weighted by molar-refractivity contribution is -0.389. The molecular weight excluding hydrogens is 314 g/mol. The minimum absolute atomic E-state index is 0.0518.